The number of hydrogen-bond donors (Lipinski definition) is 1. The minimum absolute atomic E-state index is 0.141. The van der Waals surface area contributed by atoms with Gasteiger partial charge in [-0.05, 0) is 32.6 Å². The van der Waals surface area contributed by atoms with Gasteiger partial charge in [0.25, 0.3) is 10.2 Å². The molecule has 1 saturated heterocycles. The molecule has 1 fully saturated rings. The molecule has 0 bridgehead atoms. The fraction of sp³-hybridized carbons (Fsp3) is 1.00. The van der Waals surface area contributed by atoms with Gasteiger partial charge in [0.05, 0.1) is 0 Å². The molecule has 0 amide bonds. The molecule has 6 heteroatoms. The zero-order valence-corrected chi connectivity index (χ0v) is 12.2. The SMILES string of the molecule is CC1CCCCN1S(=O)(=O)NCCCCBr. The van der Waals surface area contributed by atoms with E-state index in [1.54, 1.807) is 4.31 Å². The molecule has 1 heterocycles. The molecular weight excluding hydrogens is 292 g/mol. The van der Waals surface area contributed by atoms with E-state index in [0.29, 0.717) is 13.1 Å². The third kappa shape index (κ3) is 4.31. The second kappa shape index (κ2) is 6.93. The number of rotatable bonds is 6. The van der Waals surface area contributed by atoms with E-state index in [2.05, 4.69) is 20.7 Å². The van der Waals surface area contributed by atoms with Crippen molar-refractivity contribution in [1.82, 2.24) is 9.03 Å². The second-order valence-corrected chi connectivity index (χ2v) is 6.75. The molecule has 0 saturated carbocycles. The Morgan fingerprint density at radius 3 is 2.75 bits per heavy atom. The fourth-order valence-electron chi connectivity index (χ4n) is 1.93. The molecule has 1 aliphatic rings. The van der Waals surface area contributed by atoms with Crippen molar-refractivity contribution >= 4 is 26.1 Å². The summed E-state index contributed by atoms with van der Waals surface area (Å²) in [5.41, 5.74) is 0. The largest absolute Gasteiger partial charge is 0.279 e. The lowest BCUT2D eigenvalue weighted by molar-refractivity contribution is 0.265. The average Bonchev–Trinajstić information content (AvgIpc) is 2.25. The van der Waals surface area contributed by atoms with Gasteiger partial charge < -0.3 is 0 Å². The van der Waals surface area contributed by atoms with Crippen molar-refractivity contribution in [1.29, 1.82) is 0 Å². The maximum Gasteiger partial charge on any atom is 0.279 e. The Balaban J connectivity index is 2.42. The van der Waals surface area contributed by atoms with Crippen LogP contribution in [0.5, 0.6) is 0 Å². The van der Waals surface area contributed by atoms with Gasteiger partial charge in [0.2, 0.25) is 0 Å². The van der Waals surface area contributed by atoms with Crippen LogP contribution in [0.25, 0.3) is 0 Å². The van der Waals surface area contributed by atoms with Gasteiger partial charge in [-0.15, -0.1) is 0 Å². The minimum Gasteiger partial charge on any atom is -0.202 e. The van der Waals surface area contributed by atoms with Crippen LogP contribution in [0.15, 0.2) is 0 Å². The Hall–Kier alpha value is 0.350. The summed E-state index contributed by atoms with van der Waals surface area (Å²) >= 11 is 3.33. The van der Waals surface area contributed by atoms with Gasteiger partial charge >= 0.3 is 0 Å². The Kier molecular flexibility index (Phi) is 6.25. The smallest absolute Gasteiger partial charge is 0.202 e. The highest BCUT2D eigenvalue weighted by Gasteiger charge is 2.28. The molecule has 0 aromatic carbocycles. The summed E-state index contributed by atoms with van der Waals surface area (Å²) in [4.78, 5) is 0. The molecule has 0 spiro atoms. The molecular formula is C10H21BrN2O2S. The van der Waals surface area contributed by atoms with Crippen molar-refractivity contribution in [3.63, 3.8) is 0 Å². The molecule has 1 aliphatic heterocycles. The van der Waals surface area contributed by atoms with Gasteiger partial charge in [0.15, 0.2) is 0 Å². The molecule has 1 unspecified atom stereocenters. The number of nitrogens with zero attached hydrogens (tertiary/aromatic N) is 1. The van der Waals surface area contributed by atoms with E-state index >= 15 is 0 Å². The Labute approximate surface area is 107 Å². The number of piperidine rings is 1. The van der Waals surface area contributed by atoms with Crippen molar-refractivity contribution in [3.8, 4) is 0 Å². The van der Waals surface area contributed by atoms with Gasteiger partial charge in [-0.2, -0.15) is 12.7 Å². The number of hydrogen-bond acceptors (Lipinski definition) is 2. The number of alkyl halides is 1. The quantitative estimate of drug-likeness (QED) is 0.601. The maximum atomic E-state index is 12.0. The van der Waals surface area contributed by atoms with Crippen molar-refractivity contribution in [2.24, 2.45) is 0 Å². The van der Waals surface area contributed by atoms with Gasteiger partial charge in [-0.25, -0.2) is 4.72 Å². The highest BCUT2D eigenvalue weighted by Crippen LogP contribution is 2.18. The molecule has 4 nitrogen and oxygen atoms in total. The van der Waals surface area contributed by atoms with Crippen LogP contribution in [0.1, 0.15) is 39.0 Å². The first-order chi connectivity index (χ1) is 7.58. The summed E-state index contributed by atoms with van der Waals surface area (Å²) < 4.78 is 28.2. The molecule has 1 N–H and O–H groups in total. The van der Waals surface area contributed by atoms with E-state index < -0.39 is 10.2 Å². The Morgan fingerprint density at radius 2 is 2.12 bits per heavy atom. The monoisotopic (exact) mass is 312 g/mol. The molecule has 0 aromatic rings. The van der Waals surface area contributed by atoms with Gasteiger partial charge in [-0.1, -0.05) is 22.4 Å². The lowest BCUT2D eigenvalue weighted by atomic mass is 10.1. The van der Waals surface area contributed by atoms with Crippen LogP contribution >= 0.6 is 15.9 Å². The first kappa shape index (κ1) is 14.4. The zero-order chi connectivity index (χ0) is 12.0. The predicted octanol–water partition coefficient (Wildman–Crippen LogP) is 1.87. The number of unbranched alkanes of at least 4 members (excludes halogenated alkanes) is 1. The fourth-order valence-corrected chi connectivity index (χ4v) is 3.85. The van der Waals surface area contributed by atoms with Crippen LogP contribution in [-0.4, -0.2) is 37.2 Å². The van der Waals surface area contributed by atoms with Crippen molar-refractivity contribution in [2.45, 2.75) is 45.1 Å². The van der Waals surface area contributed by atoms with Crippen molar-refractivity contribution in [2.75, 3.05) is 18.4 Å². The standard InChI is InChI=1S/C10H21BrN2O2S/c1-10-6-2-5-9-13(10)16(14,15)12-8-4-3-7-11/h10,12H,2-9H2,1H3. The molecule has 96 valence electrons. The topological polar surface area (TPSA) is 49.4 Å². The third-order valence-electron chi connectivity index (χ3n) is 2.90. The van der Waals surface area contributed by atoms with E-state index in [9.17, 15) is 8.42 Å². The summed E-state index contributed by atoms with van der Waals surface area (Å²) in [6.07, 6.45) is 4.97. The highest BCUT2D eigenvalue weighted by molar-refractivity contribution is 9.09. The summed E-state index contributed by atoms with van der Waals surface area (Å²) in [5, 5.41) is 0.925. The summed E-state index contributed by atoms with van der Waals surface area (Å²) in [6.45, 7) is 3.18. The normalized spacial score (nSPS) is 23.5. The zero-order valence-electron chi connectivity index (χ0n) is 9.78. The van der Waals surface area contributed by atoms with Crippen LogP contribution in [0.4, 0.5) is 0 Å². The molecule has 0 radical (unpaired) electrons. The number of halogens is 1. The van der Waals surface area contributed by atoms with Gasteiger partial charge in [0, 0.05) is 24.5 Å². The molecule has 1 atom stereocenters. The highest BCUT2D eigenvalue weighted by atomic mass is 79.9. The second-order valence-electron chi connectivity index (χ2n) is 4.25. The minimum atomic E-state index is -3.24. The molecule has 0 aliphatic carbocycles. The Morgan fingerprint density at radius 1 is 1.38 bits per heavy atom. The maximum absolute atomic E-state index is 12.0. The van der Waals surface area contributed by atoms with E-state index in [0.717, 1.165) is 37.4 Å². The number of nitrogens with one attached hydrogen (secondary N) is 1. The van der Waals surface area contributed by atoms with E-state index in [1.807, 2.05) is 6.92 Å². The predicted molar refractivity (Wildman–Crippen MR) is 70.0 cm³/mol. The van der Waals surface area contributed by atoms with Crippen LogP contribution in [-0.2, 0) is 10.2 Å². The average molecular weight is 313 g/mol. The van der Waals surface area contributed by atoms with Crippen LogP contribution in [0.3, 0.4) is 0 Å². The first-order valence-corrected chi connectivity index (χ1v) is 8.46. The van der Waals surface area contributed by atoms with Crippen LogP contribution < -0.4 is 4.72 Å². The Bertz CT molecular complexity index is 295. The molecule has 0 aromatic heterocycles. The van der Waals surface area contributed by atoms with Gasteiger partial charge in [-0.3, -0.25) is 0 Å². The summed E-state index contributed by atoms with van der Waals surface area (Å²) in [7, 11) is -3.24. The molecule has 1 rings (SSSR count). The van der Waals surface area contributed by atoms with Gasteiger partial charge in [0.1, 0.15) is 0 Å². The van der Waals surface area contributed by atoms with Crippen molar-refractivity contribution in [3.05, 3.63) is 0 Å². The van der Waals surface area contributed by atoms with Crippen LogP contribution in [0.2, 0.25) is 0 Å². The van der Waals surface area contributed by atoms with Crippen LogP contribution in [0, 0.1) is 0 Å². The first-order valence-electron chi connectivity index (χ1n) is 5.90. The van der Waals surface area contributed by atoms with E-state index in [4.69, 9.17) is 0 Å². The summed E-state index contributed by atoms with van der Waals surface area (Å²) in [5.74, 6) is 0. The van der Waals surface area contributed by atoms with E-state index in [-0.39, 0.29) is 6.04 Å². The van der Waals surface area contributed by atoms with Crippen molar-refractivity contribution < 1.29 is 8.42 Å². The molecule has 16 heavy (non-hydrogen) atoms. The lowest BCUT2D eigenvalue weighted by Gasteiger charge is -2.32. The summed E-state index contributed by atoms with van der Waals surface area (Å²) in [6, 6.07) is 0.141. The van der Waals surface area contributed by atoms with E-state index in [1.165, 1.54) is 0 Å². The lowest BCUT2D eigenvalue weighted by Crippen LogP contribution is -2.48. The third-order valence-corrected chi connectivity index (χ3v) is 5.19.